The van der Waals surface area contributed by atoms with Crippen molar-refractivity contribution in [1.29, 1.82) is 0 Å². The number of ether oxygens (including phenoxy) is 1. The Bertz CT molecular complexity index is 388. The van der Waals surface area contributed by atoms with Crippen molar-refractivity contribution in [1.82, 2.24) is 5.43 Å². The van der Waals surface area contributed by atoms with E-state index >= 15 is 0 Å². The highest BCUT2D eigenvalue weighted by molar-refractivity contribution is 5.25. The molecule has 1 aliphatic rings. The molecule has 0 spiro atoms. The molecule has 1 heterocycles. The van der Waals surface area contributed by atoms with E-state index < -0.39 is 0 Å². The maximum atomic E-state index is 5.91. The number of benzene rings is 1. The molecule has 3 nitrogen and oxygen atoms in total. The van der Waals surface area contributed by atoms with Crippen LogP contribution in [0.2, 0.25) is 0 Å². The molecule has 1 aromatic carbocycles. The van der Waals surface area contributed by atoms with Crippen LogP contribution in [0.1, 0.15) is 50.7 Å². The molecule has 1 aliphatic heterocycles. The Balaban J connectivity index is 1.98. The summed E-state index contributed by atoms with van der Waals surface area (Å²) >= 11 is 0. The third-order valence-corrected chi connectivity index (χ3v) is 4.03. The molecule has 3 unspecified atom stereocenters. The van der Waals surface area contributed by atoms with Crippen LogP contribution in [0.15, 0.2) is 24.3 Å². The second-order valence-electron chi connectivity index (χ2n) is 5.94. The predicted molar refractivity (Wildman–Crippen MR) is 78.9 cm³/mol. The van der Waals surface area contributed by atoms with Gasteiger partial charge in [-0.2, -0.15) is 0 Å². The molecule has 0 aliphatic carbocycles. The van der Waals surface area contributed by atoms with Crippen molar-refractivity contribution < 1.29 is 4.74 Å². The molecule has 19 heavy (non-hydrogen) atoms. The van der Waals surface area contributed by atoms with E-state index in [0.717, 1.165) is 19.3 Å². The first-order valence-corrected chi connectivity index (χ1v) is 7.30. The quantitative estimate of drug-likeness (QED) is 0.633. The average molecular weight is 262 g/mol. The first-order chi connectivity index (χ1) is 9.10. The van der Waals surface area contributed by atoms with Crippen molar-refractivity contribution in [3.05, 3.63) is 35.4 Å². The van der Waals surface area contributed by atoms with Gasteiger partial charge >= 0.3 is 0 Å². The summed E-state index contributed by atoms with van der Waals surface area (Å²) in [6.45, 7) is 6.56. The van der Waals surface area contributed by atoms with Gasteiger partial charge < -0.3 is 4.74 Å². The fraction of sp³-hybridized carbons (Fsp3) is 0.625. The highest BCUT2D eigenvalue weighted by atomic mass is 16.5. The first-order valence-electron chi connectivity index (χ1n) is 7.30. The van der Waals surface area contributed by atoms with Crippen LogP contribution in [-0.4, -0.2) is 18.2 Å². The van der Waals surface area contributed by atoms with Crippen molar-refractivity contribution >= 4 is 0 Å². The van der Waals surface area contributed by atoms with E-state index in [2.05, 4.69) is 50.5 Å². The van der Waals surface area contributed by atoms with Crippen LogP contribution >= 0.6 is 0 Å². The molecule has 0 radical (unpaired) electrons. The lowest BCUT2D eigenvalue weighted by Gasteiger charge is -2.23. The second kappa shape index (κ2) is 6.51. The Hall–Kier alpha value is -0.900. The zero-order valence-electron chi connectivity index (χ0n) is 12.2. The molecule has 1 fully saturated rings. The summed E-state index contributed by atoms with van der Waals surface area (Å²) in [7, 11) is 0. The van der Waals surface area contributed by atoms with Crippen molar-refractivity contribution in [3.63, 3.8) is 0 Å². The van der Waals surface area contributed by atoms with E-state index in [9.17, 15) is 0 Å². The molecule has 1 aromatic rings. The highest BCUT2D eigenvalue weighted by Gasteiger charge is 2.28. The lowest BCUT2D eigenvalue weighted by atomic mass is 9.96. The zero-order chi connectivity index (χ0) is 13.8. The summed E-state index contributed by atoms with van der Waals surface area (Å²) in [4.78, 5) is 0. The third kappa shape index (κ3) is 3.78. The second-order valence-corrected chi connectivity index (χ2v) is 5.94. The van der Waals surface area contributed by atoms with Gasteiger partial charge in [-0.3, -0.25) is 11.3 Å². The number of hydrogen-bond donors (Lipinski definition) is 2. The monoisotopic (exact) mass is 262 g/mol. The van der Waals surface area contributed by atoms with Crippen LogP contribution in [0.4, 0.5) is 0 Å². The van der Waals surface area contributed by atoms with Gasteiger partial charge in [0, 0.05) is 0 Å². The SMILES string of the molecule is CC1CCC(C(Cc2ccc(C(C)C)cc2)NN)O1. The number of nitrogens with two attached hydrogens (primary N) is 1. The van der Waals surface area contributed by atoms with Gasteiger partial charge in [0.25, 0.3) is 0 Å². The van der Waals surface area contributed by atoms with Gasteiger partial charge in [0.2, 0.25) is 0 Å². The third-order valence-electron chi connectivity index (χ3n) is 4.03. The molecule has 3 N–H and O–H groups in total. The van der Waals surface area contributed by atoms with E-state index in [1.54, 1.807) is 0 Å². The lowest BCUT2D eigenvalue weighted by molar-refractivity contribution is 0.0320. The van der Waals surface area contributed by atoms with Gasteiger partial charge in [0.15, 0.2) is 0 Å². The van der Waals surface area contributed by atoms with E-state index in [1.165, 1.54) is 11.1 Å². The molecule has 0 bridgehead atoms. The van der Waals surface area contributed by atoms with E-state index in [-0.39, 0.29) is 12.1 Å². The van der Waals surface area contributed by atoms with Crippen LogP contribution in [-0.2, 0) is 11.2 Å². The molecular formula is C16H26N2O. The normalized spacial score (nSPS) is 24.9. The number of hydrazine groups is 1. The van der Waals surface area contributed by atoms with Gasteiger partial charge in [-0.05, 0) is 43.2 Å². The topological polar surface area (TPSA) is 47.3 Å². The van der Waals surface area contributed by atoms with Crippen molar-refractivity contribution in [2.24, 2.45) is 5.84 Å². The van der Waals surface area contributed by atoms with Crippen LogP contribution in [0, 0.1) is 0 Å². The first kappa shape index (κ1) is 14.5. The van der Waals surface area contributed by atoms with Crippen LogP contribution in [0.5, 0.6) is 0 Å². The number of rotatable bonds is 5. The van der Waals surface area contributed by atoms with Gasteiger partial charge in [0.05, 0.1) is 18.2 Å². The van der Waals surface area contributed by atoms with Crippen molar-refractivity contribution in [3.8, 4) is 0 Å². The molecule has 3 heteroatoms. The van der Waals surface area contributed by atoms with Crippen molar-refractivity contribution in [2.75, 3.05) is 0 Å². The van der Waals surface area contributed by atoms with E-state index in [1.807, 2.05) is 0 Å². The standard InChI is InChI=1S/C16H26N2O/c1-11(2)14-7-5-13(6-8-14)10-15(18-17)16-9-4-12(3)19-16/h5-8,11-12,15-16,18H,4,9-10,17H2,1-3H3. The molecular weight excluding hydrogens is 236 g/mol. The van der Waals surface area contributed by atoms with Gasteiger partial charge in [-0.1, -0.05) is 38.1 Å². The fourth-order valence-electron chi connectivity index (χ4n) is 2.72. The summed E-state index contributed by atoms with van der Waals surface area (Å²) in [5, 5.41) is 0. The molecule has 0 saturated carbocycles. The Morgan fingerprint density at radius 3 is 2.42 bits per heavy atom. The number of hydrogen-bond acceptors (Lipinski definition) is 3. The molecule has 1 saturated heterocycles. The fourth-order valence-corrected chi connectivity index (χ4v) is 2.72. The molecule has 3 atom stereocenters. The van der Waals surface area contributed by atoms with E-state index in [4.69, 9.17) is 10.6 Å². The van der Waals surface area contributed by atoms with Gasteiger partial charge in [0.1, 0.15) is 0 Å². The average Bonchev–Trinajstić information content (AvgIpc) is 2.83. The van der Waals surface area contributed by atoms with Crippen LogP contribution in [0.25, 0.3) is 0 Å². The summed E-state index contributed by atoms with van der Waals surface area (Å²) in [5.74, 6) is 6.27. The Kier molecular flexibility index (Phi) is 4.97. The molecule has 106 valence electrons. The predicted octanol–water partition coefficient (Wildman–Crippen LogP) is 2.75. The Morgan fingerprint density at radius 1 is 1.26 bits per heavy atom. The van der Waals surface area contributed by atoms with Crippen molar-refractivity contribution in [2.45, 2.75) is 64.2 Å². The Labute approximate surface area is 116 Å². The molecule has 2 rings (SSSR count). The maximum absolute atomic E-state index is 5.91. The summed E-state index contributed by atoms with van der Waals surface area (Å²) in [6, 6.07) is 9.04. The smallest absolute Gasteiger partial charge is 0.0749 e. The number of nitrogens with one attached hydrogen (secondary N) is 1. The van der Waals surface area contributed by atoms with Gasteiger partial charge in [-0.15, -0.1) is 0 Å². The molecule has 0 amide bonds. The zero-order valence-corrected chi connectivity index (χ0v) is 12.2. The van der Waals surface area contributed by atoms with Crippen LogP contribution < -0.4 is 11.3 Å². The largest absolute Gasteiger partial charge is 0.374 e. The lowest BCUT2D eigenvalue weighted by Crippen LogP contribution is -2.45. The summed E-state index contributed by atoms with van der Waals surface area (Å²) in [5.41, 5.74) is 5.62. The van der Waals surface area contributed by atoms with Crippen LogP contribution in [0.3, 0.4) is 0 Å². The summed E-state index contributed by atoms with van der Waals surface area (Å²) in [6.07, 6.45) is 3.76. The minimum Gasteiger partial charge on any atom is -0.374 e. The highest BCUT2D eigenvalue weighted by Crippen LogP contribution is 2.23. The van der Waals surface area contributed by atoms with Gasteiger partial charge in [-0.25, -0.2) is 0 Å². The minimum atomic E-state index is 0.204. The maximum Gasteiger partial charge on any atom is 0.0749 e. The summed E-state index contributed by atoms with van der Waals surface area (Å²) < 4.78 is 5.91. The van der Waals surface area contributed by atoms with E-state index in [0.29, 0.717) is 12.0 Å². The Morgan fingerprint density at radius 2 is 1.95 bits per heavy atom. The molecule has 0 aromatic heterocycles. The minimum absolute atomic E-state index is 0.204.